The van der Waals surface area contributed by atoms with E-state index in [0.29, 0.717) is 5.56 Å². The first-order chi connectivity index (χ1) is 7.69. The van der Waals surface area contributed by atoms with Crippen LogP contribution < -0.4 is 10.6 Å². The highest BCUT2D eigenvalue weighted by Gasteiger charge is 2.06. The molecule has 4 heteroatoms. The van der Waals surface area contributed by atoms with Gasteiger partial charge in [-0.05, 0) is 26.0 Å². The van der Waals surface area contributed by atoms with Crippen molar-refractivity contribution in [3.05, 3.63) is 23.9 Å². The second-order valence-corrected chi connectivity index (χ2v) is 2.94. The van der Waals surface area contributed by atoms with E-state index < -0.39 is 5.91 Å². The van der Waals surface area contributed by atoms with Crippen molar-refractivity contribution in [2.75, 3.05) is 18.0 Å². The Labute approximate surface area is 99.0 Å². The number of nitrogens with zero attached hydrogens (tertiary/aromatic N) is 2. The summed E-state index contributed by atoms with van der Waals surface area (Å²) in [4.78, 5) is 17.2. The monoisotopic (exact) mass is 225 g/mol. The molecule has 0 bridgehead atoms. The maximum Gasteiger partial charge on any atom is 0.248 e. The highest BCUT2D eigenvalue weighted by molar-refractivity contribution is 5.93. The number of carbonyl (C=O) groups excluding carboxylic acids is 1. The molecule has 1 aromatic rings. The van der Waals surface area contributed by atoms with Gasteiger partial charge in [0.25, 0.3) is 0 Å². The van der Waals surface area contributed by atoms with Crippen LogP contribution >= 0.6 is 0 Å². The summed E-state index contributed by atoms with van der Waals surface area (Å²) < 4.78 is 0. The average molecular weight is 225 g/mol. The predicted molar refractivity (Wildman–Crippen MR) is 69.8 cm³/mol. The van der Waals surface area contributed by atoms with Gasteiger partial charge in [-0.1, -0.05) is 13.8 Å². The van der Waals surface area contributed by atoms with Crippen LogP contribution in [0, 0.1) is 0 Å². The lowest BCUT2D eigenvalue weighted by molar-refractivity contribution is 0.1000. The van der Waals surface area contributed by atoms with Crippen LogP contribution in [0.1, 0.15) is 39.5 Å². The lowest BCUT2D eigenvalue weighted by atomic mass is 10.2. The van der Waals surface area contributed by atoms with Crippen LogP contribution in [-0.4, -0.2) is 24.0 Å². The van der Waals surface area contributed by atoms with Crippen LogP contribution in [0.2, 0.25) is 0 Å². The van der Waals surface area contributed by atoms with Gasteiger partial charge in [-0.2, -0.15) is 0 Å². The van der Waals surface area contributed by atoms with E-state index in [9.17, 15) is 4.79 Å². The van der Waals surface area contributed by atoms with E-state index in [0.717, 1.165) is 18.9 Å². The van der Waals surface area contributed by atoms with Gasteiger partial charge in [-0.15, -0.1) is 0 Å². The number of pyridine rings is 1. The topological polar surface area (TPSA) is 59.2 Å². The van der Waals surface area contributed by atoms with Crippen LogP contribution in [-0.2, 0) is 0 Å². The minimum absolute atomic E-state index is 0. The van der Waals surface area contributed by atoms with Crippen molar-refractivity contribution in [2.24, 2.45) is 5.73 Å². The lowest BCUT2D eigenvalue weighted by Gasteiger charge is -2.19. The minimum Gasteiger partial charge on any atom is -0.366 e. The second kappa shape index (κ2) is 7.68. The SMILES string of the molecule is CC.CCN(CC)c1cc(C(N)=O)ccn1.[HH]. The van der Waals surface area contributed by atoms with Crippen LogP contribution in [0.3, 0.4) is 0 Å². The van der Waals surface area contributed by atoms with E-state index in [4.69, 9.17) is 5.73 Å². The van der Waals surface area contributed by atoms with Crippen molar-refractivity contribution in [3.63, 3.8) is 0 Å². The van der Waals surface area contributed by atoms with Crippen molar-refractivity contribution in [1.29, 1.82) is 0 Å². The highest BCUT2D eigenvalue weighted by atomic mass is 16.1. The number of hydrogen-bond donors (Lipinski definition) is 1. The zero-order chi connectivity index (χ0) is 12.6. The Morgan fingerprint density at radius 2 is 2.00 bits per heavy atom. The van der Waals surface area contributed by atoms with Crippen LogP contribution in [0.4, 0.5) is 5.82 Å². The van der Waals surface area contributed by atoms with Crippen LogP contribution in [0.5, 0.6) is 0 Å². The molecule has 1 heterocycles. The zero-order valence-corrected chi connectivity index (χ0v) is 10.5. The molecule has 1 rings (SSSR count). The molecule has 0 spiro atoms. The Balaban J connectivity index is 0. The smallest absolute Gasteiger partial charge is 0.248 e. The van der Waals surface area contributed by atoms with Gasteiger partial charge < -0.3 is 10.6 Å². The first-order valence-electron chi connectivity index (χ1n) is 5.69. The van der Waals surface area contributed by atoms with Crippen molar-refractivity contribution in [1.82, 2.24) is 4.98 Å². The molecule has 1 aromatic heterocycles. The van der Waals surface area contributed by atoms with Crippen molar-refractivity contribution in [2.45, 2.75) is 27.7 Å². The van der Waals surface area contributed by atoms with Gasteiger partial charge in [0.15, 0.2) is 0 Å². The Hall–Kier alpha value is -1.58. The van der Waals surface area contributed by atoms with E-state index in [1.807, 2.05) is 27.7 Å². The van der Waals surface area contributed by atoms with E-state index in [1.54, 1.807) is 18.3 Å². The molecule has 16 heavy (non-hydrogen) atoms. The molecule has 0 aliphatic carbocycles. The fourth-order valence-corrected chi connectivity index (χ4v) is 1.29. The average Bonchev–Trinajstić information content (AvgIpc) is 2.33. The Bertz CT molecular complexity index is 327. The number of anilines is 1. The molecule has 0 atom stereocenters. The standard InChI is InChI=1S/C10H15N3O.C2H6.H2/c1-3-13(4-2)9-7-8(10(11)14)5-6-12-9;1-2;/h5-7H,3-4H2,1-2H3,(H2,11,14);1-2H3;1H. The molecule has 2 N–H and O–H groups in total. The summed E-state index contributed by atoms with van der Waals surface area (Å²) in [6.07, 6.45) is 1.60. The van der Waals surface area contributed by atoms with E-state index in [2.05, 4.69) is 9.88 Å². The number of amides is 1. The Morgan fingerprint density at radius 1 is 1.44 bits per heavy atom. The van der Waals surface area contributed by atoms with Crippen molar-refractivity contribution in [3.8, 4) is 0 Å². The zero-order valence-electron chi connectivity index (χ0n) is 10.5. The predicted octanol–water partition coefficient (Wildman–Crippen LogP) is 2.30. The third kappa shape index (κ3) is 3.88. The maximum atomic E-state index is 10.9. The third-order valence-electron chi connectivity index (χ3n) is 2.12. The summed E-state index contributed by atoms with van der Waals surface area (Å²) in [5.74, 6) is 0.382. The first-order valence-corrected chi connectivity index (χ1v) is 5.69. The molecule has 0 aliphatic heterocycles. The molecule has 0 radical (unpaired) electrons. The quantitative estimate of drug-likeness (QED) is 0.855. The van der Waals surface area contributed by atoms with E-state index in [1.165, 1.54) is 0 Å². The fraction of sp³-hybridized carbons (Fsp3) is 0.500. The summed E-state index contributed by atoms with van der Waals surface area (Å²) in [5.41, 5.74) is 5.68. The molecule has 0 aliphatic rings. The third-order valence-corrected chi connectivity index (χ3v) is 2.12. The van der Waals surface area contributed by atoms with Gasteiger partial charge in [-0.3, -0.25) is 4.79 Å². The highest BCUT2D eigenvalue weighted by Crippen LogP contribution is 2.11. The summed E-state index contributed by atoms with van der Waals surface area (Å²) in [6, 6.07) is 3.34. The summed E-state index contributed by atoms with van der Waals surface area (Å²) >= 11 is 0. The Morgan fingerprint density at radius 3 is 2.44 bits per heavy atom. The van der Waals surface area contributed by atoms with Crippen molar-refractivity contribution < 1.29 is 6.22 Å². The van der Waals surface area contributed by atoms with Gasteiger partial charge in [-0.25, -0.2) is 4.98 Å². The maximum absolute atomic E-state index is 10.9. The minimum atomic E-state index is -0.416. The normalized spacial score (nSPS) is 9.00. The number of carbonyl (C=O) groups is 1. The molecule has 92 valence electrons. The number of primary amides is 1. The molecule has 0 fully saturated rings. The molecule has 0 saturated heterocycles. The number of nitrogens with two attached hydrogens (primary N) is 1. The van der Waals surface area contributed by atoms with Crippen LogP contribution in [0.25, 0.3) is 0 Å². The van der Waals surface area contributed by atoms with Crippen LogP contribution in [0.15, 0.2) is 18.3 Å². The molecule has 4 nitrogen and oxygen atoms in total. The summed E-state index contributed by atoms with van der Waals surface area (Å²) in [6.45, 7) is 9.82. The van der Waals surface area contributed by atoms with E-state index in [-0.39, 0.29) is 1.43 Å². The Kier molecular flexibility index (Phi) is 6.92. The number of aromatic nitrogens is 1. The number of hydrogen-bond acceptors (Lipinski definition) is 3. The first kappa shape index (κ1) is 14.4. The second-order valence-electron chi connectivity index (χ2n) is 2.94. The molecule has 1 amide bonds. The van der Waals surface area contributed by atoms with Gasteiger partial charge in [0.1, 0.15) is 5.82 Å². The molecule has 0 unspecified atom stereocenters. The summed E-state index contributed by atoms with van der Waals surface area (Å²) in [5, 5.41) is 0. The molecular formula is C12H23N3O. The fourth-order valence-electron chi connectivity index (χ4n) is 1.29. The largest absolute Gasteiger partial charge is 0.366 e. The number of rotatable bonds is 4. The van der Waals surface area contributed by atoms with Gasteiger partial charge in [0.05, 0.1) is 0 Å². The van der Waals surface area contributed by atoms with Gasteiger partial charge in [0.2, 0.25) is 5.91 Å². The molecule has 0 saturated carbocycles. The molecule has 0 aromatic carbocycles. The lowest BCUT2D eigenvalue weighted by Crippen LogP contribution is -2.23. The van der Waals surface area contributed by atoms with Crippen molar-refractivity contribution >= 4 is 11.7 Å². The van der Waals surface area contributed by atoms with E-state index >= 15 is 0 Å². The van der Waals surface area contributed by atoms with Gasteiger partial charge >= 0.3 is 0 Å². The summed E-state index contributed by atoms with van der Waals surface area (Å²) in [7, 11) is 0. The van der Waals surface area contributed by atoms with Gasteiger partial charge in [0, 0.05) is 26.3 Å². The molecular weight excluding hydrogens is 202 g/mol.